The molecule has 0 atom stereocenters. The monoisotopic (exact) mass is 555 g/mol. The molecule has 0 fully saturated rings. The molecule has 0 radical (unpaired) electrons. The van der Waals surface area contributed by atoms with E-state index < -0.39 is 34.5 Å². The maximum atomic E-state index is 13.1. The summed E-state index contributed by atoms with van der Waals surface area (Å²) in [6, 6.07) is 28.4. The maximum absolute atomic E-state index is 13.1. The Morgan fingerprint density at radius 3 is 2.00 bits per heavy atom. The van der Waals surface area contributed by atoms with Crippen molar-refractivity contribution in [2.24, 2.45) is 5.73 Å². The van der Waals surface area contributed by atoms with Crippen LogP contribution in [0.3, 0.4) is 0 Å². The molecule has 208 valence electrons. The average Bonchev–Trinajstić information content (AvgIpc) is 3.46. The van der Waals surface area contributed by atoms with E-state index in [9.17, 15) is 23.9 Å². The number of aromatic carboxylic acids is 1. The highest BCUT2D eigenvalue weighted by Gasteiger charge is 2.26. The molecule has 0 unspecified atom stereocenters. The lowest BCUT2D eigenvalue weighted by atomic mass is 10.1. The standard InChI is InChI=1S/C25H17FO7.C7H9N/c26-17-8-6-15(7-9-17)12-18-10-11-20(32-18)22(28)24-23(19(27)13-21(33-24)25(29)30)31-14-16-4-2-1-3-5-16;8-6-7-4-2-1-3-5-7/h1-11,13H,12,14H2,(H,29,30);1-5H,6,8H2. The smallest absolute Gasteiger partial charge is 0.371 e. The average molecular weight is 556 g/mol. The highest BCUT2D eigenvalue weighted by Crippen LogP contribution is 2.23. The van der Waals surface area contributed by atoms with Gasteiger partial charge < -0.3 is 24.4 Å². The zero-order chi connectivity index (χ0) is 29.2. The molecule has 0 aliphatic heterocycles. The Labute approximate surface area is 234 Å². The number of carbonyl (C=O) groups is 2. The molecule has 5 rings (SSSR count). The molecular formula is C32H26FNO7. The summed E-state index contributed by atoms with van der Waals surface area (Å²) in [7, 11) is 0. The van der Waals surface area contributed by atoms with E-state index in [-0.39, 0.29) is 18.2 Å². The van der Waals surface area contributed by atoms with Gasteiger partial charge in [0.2, 0.25) is 22.7 Å². The summed E-state index contributed by atoms with van der Waals surface area (Å²) in [6.07, 6.45) is 0.296. The van der Waals surface area contributed by atoms with E-state index in [0.29, 0.717) is 18.7 Å². The van der Waals surface area contributed by atoms with Gasteiger partial charge >= 0.3 is 5.97 Å². The molecule has 41 heavy (non-hydrogen) atoms. The Morgan fingerprint density at radius 2 is 1.41 bits per heavy atom. The van der Waals surface area contributed by atoms with Crippen LogP contribution in [-0.2, 0) is 19.6 Å². The Hall–Kier alpha value is -5.28. The van der Waals surface area contributed by atoms with E-state index in [0.717, 1.165) is 17.2 Å². The molecular weight excluding hydrogens is 529 g/mol. The molecule has 8 nitrogen and oxygen atoms in total. The molecule has 0 saturated carbocycles. The fourth-order valence-electron chi connectivity index (χ4n) is 3.73. The van der Waals surface area contributed by atoms with E-state index >= 15 is 0 Å². The second kappa shape index (κ2) is 13.7. The van der Waals surface area contributed by atoms with Crippen LogP contribution < -0.4 is 15.9 Å². The number of hydrogen-bond acceptors (Lipinski definition) is 7. The number of rotatable bonds is 9. The molecule has 5 aromatic rings. The normalized spacial score (nSPS) is 10.4. The molecule has 2 aromatic heterocycles. The molecule has 0 saturated heterocycles. The van der Waals surface area contributed by atoms with Crippen LogP contribution in [0.15, 0.2) is 117 Å². The molecule has 0 aliphatic carbocycles. The molecule has 0 bridgehead atoms. The number of carboxylic acid groups (broad SMARTS) is 1. The topological polar surface area (TPSA) is 133 Å². The highest BCUT2D eigenvalue weighted by molar-refractivity contribution is 6.07. The van der Waals surface area contributed by atoms with Gasteiger partial charge in [-0.1, -0.05) is 72.8 Å². The number of ether oxygens (including phenoxy) is 1. The van der Waals surface area contributed by atoms with Crippen LogP contribution in [0.2, 0.25) is 0 Å². The number of furan rings is 1. The van der Waals surface area contributed by atoms with Crippen LogP contribution >= 0.6 is 0 Å². The maximum Gasteiger partial charge on any atom is 0.371 e. The van der Waals surface area contributed by atoms with Crippen LogP contribution in [0.25, 0.3) is 0 Å². The van der Waals surface area contributed by atoms with Gasteiger partial charge in [-0.15, -0.1) is 0 Å². The number of carboxylic acids is 1. The Bertz CT molecular complexity index is 1660. The van der Waals surface area contributed by atoms with E-state index in [1.54, 1.807) is 42.5 Å². The van der Waals surface area contributed by atoms with Crippen molar-refractivity contribution in [3.63, 3.8) is 0 Å². The van der Waals surface area contributed by atoms with Crippen molar-refractivity contribution in [2.45, 2.75) is 19.6 Å². The minimum absolute atomic E-state index is 0.0354. The van der Waals surface area contributed by atoms with Gasteiger partial charge in [-0.25, -0.2) is 9.18 Å². The first-order valence-electron chi connectivity index (χ1n) is 12.5. The third-order valence-electron chi connectivity index (χ3n) is 5.80. The molecule has 2 heterocycles. The van der Waals surface area contributed by atoms with Crippen LogP contribution in [-0.4, -0.2) is 16.9 Å². The number of halogens is 1. The predicted molar refractivity (Wildman–Crippen MR) is 148 cm³/mol. The van der Waals surface area contributed by atoms with Gasteiger partial charge in [0.1, 0.15) is 18.2 Å². The van der Waals surface area contributed by atoms with Gasteiger partial charge in [0, 0.05) is 19.0 Å². The lowest BCUT2D eigenvalue weighted by Gasteiger charge is -2.09. The summed E-state index contributed by atoms with van der Waals surface area (Å²) in [5, 5.41) is 9.24. The highest BCUT2D eigenvalue weighted by atomic mass is 19.1. The van der Waals surface area contributed by atoms with Crippen molar-refractivity contribution >= 4 is 11.8 Å². The first-order chi connectivity index (χ1) is 19.8. The van der Waals surface area contributed by atoms with Crippen molar-refractivity contribution in [3.05, 3.63) is 159 Å². The summed E-state index contributed by atoms with van der Waals surface area (Å²) in [6.45, 7) is 0.604. The quantitative estimate of drug-likeness (QED) is 0.224. The Kier molecular flexibility index (Phi) is 9.58. The van der Waals surface area contributed by atoms with Crippen LogP contribution in [0, 0.1) is 5.82 Å². The molecule has 3 aromatic carbocycles. The van der Waals surface area contributed by atoms with E-state index in [1.807, 2.05) is 36.4 Å². The minimum atomic E-state index is -1.51. The van der Waals surface area contributed by atoms with E-state index in [2.05, 4.69) is 0 Å². The Balaban J connectivity index is 0.000000417. The van der Waals surface area contributed by atoms with Crippen LogP contribution in [0.1, 0.15) is 49.3 Å². The van der Waals surface area contributed by atoms with Crippen LogP contribution in [0.5, 0.6) is 5.75 Å². The van der Waals surface area contributed by atoms with E-state index in [4.69, 9.17) is 19.3 Å². The number of nitrogens with two attached hydrogens (primary N) is 1. The van der Waals surface area contributed by atoms with Gasteiger partial charge in [-0.3, -0.25) is 9.59 Å². The van der Waals surface area contributed by atoms with Crippen molar-refractivity contribution in [1.29, 1.82) is 0 Å². The van der Waals surface area contributed by atoms with Crippen molar-refractivity contribution in [2.75, 3.05) is 0 Å². The SMILES string of the molecule is NCc1ccccc1.O=C(O)c1cc(=O)c(OCc2ccccc2)c(C(=O)c2ccc(Cc3ccc(F)cc3)o2)o1. The Morgan fingerprint density at radius 1 is 0.780 bits per heavy atom. The van der Waals surface area contributed by atoms with Crippen LogP contribution in [0.4, 0.5) is 4.39 Å². The zero-order valence-corrected chi connectivity index (χ0v) is 21.8. The lowest BCUT2D eigenvalue weighted by Crippen LogP contribution is -2.16. The number of ketones is 1. The molecule has 3 N–H and O–H groups in total. The molecule has 0 spiro atoms. The number of benzene rings is 3. The lowest BCUT2D eigenvalue weighted by molar-refractivity contribution is 0.0654. The third-order valence-corrected chi connectivity index (χ3v) is 5.80. The minimum Gasteiger partial charge on any atom is -0.481 e. The number of hydrogen-bond donors (Lipinski definition) is 2. The third kappa shape index (κ3) is 7.87. The van der Waals surface area contributed by atoms with Gasteiger partial charge in [-0.05, 0) is 41.0 Å². The fourth-order valence-corrected chi connectivity index (χ4v) is 3.73. The zero-order valence-electron chi connectivity index (χ0n) is 21.8. The van der Waals surface area contributed by atoms with Gasteiger partial charge in [-0.2, -0.15) is 0 Å². The largest absolute Gasteiger partial charge is 0.481 e. The number of carbonyl (C=O) groups excluding carboxylic acids is 1. The molecule has 0 aliphatic rings. The van der Waals surface area contributed by atoms with Crippen molar-refractivity contribution < 1.29 is 32.7 Å². The van der Waals surface area contributed by atoms with Gasteiger partial charge in [0.15, 0.2) is 5.76 Å². The van der Waals surface area contributed by atoms with E-state index in [1.165, 1.54) is 23.8 Å². The summed E-state index contributed by atoms with van der Waals surface area (Å²) in [5.74, 6) is -4.16. The second-order valence-corrected chi connectivity index (χ2v) is 8.80. The first-order valence-corrected chi connectivity index (χ1v) is 12.5. The summed E-state index contributed by atoms with van der Waals surface area (Å²) in [4.78, 5) is 37.0. The second-order valence-electron chi connectivity index (χ2n) is 8.80. The van der Waals surface area contributed by atoms with Crippen molar-refractivity contribution in [3.8, 4) is 5.75 Å². The van der Waals surface area contributed by atoms with Crippen molar-refractivity contribution in [1.82, 2.24) is 0 Å². The fraction of sp³-hybridized carbons (Fsp3) is 0.0938. The molecule has 0 amide bonds. The summed E-state index contributed by atoms with van der Waals surface area (Å²) < 4.78 is 29.4. The first kappa shape index (κ1) is 28.7. The van der Waals surface area contributed by atoms with Gasteiger partial charge in [0.05, 0.1) is 0 Å². The molecule has 9 heteroatoms. The summed E-state index contributed by atoms with van der Waals surface area (Å²) in [5.41, 5.74) is 7.22. The predicted octanol–water partition coefficient (Wildman–Crippen LogP) is 5.62. The van der Waals surface area contributed by atoms with Gasteiger partial charge in [0.25, 0.3) is 5.78 Å². The summed E-state index contributed by atoms with van der Waals surface area (Å²) >= 11 is 0.